The average Bonchev–Trinajstić information content (AvgIpc) is 2.96. The Hall–Kier alpha value is -3.95. The van der Waals surface area contributed by atoms with Crippen LogP contribution in [0.5, 0.6) is 0 Å². The molecule has 2 aromatic heterocycles. The van der Waals surface area contributed by atoms with Gasteiger partial charge in [0.1, 0.15) is 5.82 Å². The number of nitrogens with one attached hydrogen (secondary N) is 3. The van der Waals surface area contributed by atoms with Gasteiger partial charge in [0.25, 0.3) is 0 Å². The molecule has 1 fully saturated rings. The van der Waals surface area contributed by atoms with Gasteiger partial charge in [-0.05, 0) is 92.2 Å². The van der Waals surface area contributed by atoms with Crippen molar-refractivity contribution in [2.75, 3.05) is 30.8 Å². The summed E-state index contributed by atoms with van der Waals surface area (Å²) in [6.45, 7) is 3.68. The van der Waals surface area contributed by atoms with Gasteiger partial charge in [0.05, 0.1) is 5.41 Å². The predicted octanol–water partition coefficient (Wildman–Crippen LogP) is 5.75. The van der Waals surface area contributed by atoms with Gasteiger partial charge in [-0.2, -0.15) is 4.98 Å². The lowest BCUT2D eigenvalue weighted by atomic mass is 9.75. The molecule has 3 N–H and O–H groups in total. The second kappa shape index (κ2) is 12.3. The maximum absolute atomic E-state index is 13.1. The molecule has 1 aliphatic heterocycles. The van der Waals surface area contributed by atoms with Crippen molar-refractivity contribution < 1.29 is 4.79 Å². The number of rotatable bonds is 9. The first-order valence-electron chi connectivity index (χ1n) is 13.1. The molecule has 1 unspecified atom stereocenters. The van der Waals surface area contributed by atoms with Crippen LogP contribution >= 0.6 is 11.9 Å². The molecule has 39 heavy (non-hydrogen) atoms. The van der Waals surface area contributed by atoms with Gasteiger partial charge >= 0.3 is 0 Å². The largest absolute Gasteiger partial charge is 0.359 e. The molecular weight excluding hydrogens is 506 g/mol. The third-order valence-corrected chi connectivity index (χ3v) is 7.89. The van der Waals surface area contributed by atoms with Crippen molar-refractivity contribution in [1.29, 1.82) is 0 Å². The second-order valence-electron chi connectivity index (χ2n) is 9.86. The zero-order valence-electron chi connectivity index (χ0n) is 22.2. The van der Waals surface area contributed by atoms with E-state index in [2.05, 4.69) is 66.4 Å². The smallest absolute Gasteiger partial charge is 0.229 e. The number of benzene rings is 2. The van der Waals surface area contributed by atoms with Crippen LogP contribution in [0.1, 0.15) is 24.0 Å². The van der Waals surface area contributed by atoms with Crippen LogP contribution in [0.4, 0.5) is 23.1 Å². The summed E-state index contributed by atoms with van der Waals surface area (Å²) in [5.41, 5.74) is 3.71. The summed E-state index contributed by atoms with van der Waals surface area (Å²) in [5, 5.41) is 9.51. The summed E-state index contributed by atoms with van der Waals surface area (Å²) in [7, 11) is 1.73. The maximum Gasteiger partial charge on any atom is 0.229 e. The third-order valence-electron chi connectivity index (χ3n) is 6.84. The molecule has 0 bridgehead atoms. The first-order valence-corrected chi connectivity index (χ1v) is 13.9. The monoisotopic (exact) mass is 539 g/mol. The summed E-state index contributed by atoms with van der Waals surface area (Å²) in [6.07, 6.45) is 7.86. The lowest BCUT2D eigenvalue weighted by molar-refractivity contribution is -0.132. The molecule has 200 valence electrons. The minimum atomic E-state index is -0.473. The fourth-order valence-corrected chi connectivity index (χ4v) is 5.97. The minimum Gasteiger partial charge on any atom is -0.359 e. The van der Waals surface area contributed by atoms with Crippen LogP contribution in [0.25, 0.3) is 0 Å². The lowest BCUT2D eigenvalue weighted by Crippen LogP contribution is -2.50. The van der Waals surface area contributed by atoms with Crippen LogP contribution < -0.4 is 16.0 Å². The number of hydrogen-bond donors (Lipinski definition) is 3. The molecule has 0 spiro atoms. The molecule has 0 radical (unpaired) electrons. The third kappa shape index (κ3) is 6.93. The van der Waals surface area contributed by atoms with Gasteiger partial charge < -0.3 is 16.0 Å². The van der Waals surface area contributed by atoms with E-state index in [1.165, 1.54) is 5.56 Å². The SMILES string of the molecule is CNC(=O)C1(Cc2cccnc2)CCCN(Sc2ccc(Nc3nccc(Nc4ccc(C)cc4)n3)cc2)C1. The molecule has 4 aromatic rings. The molecule has 0 saturated carbocycles. The Morgan fingerprint density at radius 3 is 2.51 bits per heavy atom. The number of piperidine rings is 1. The van der Waals surface area contributed by atoms with Gasteiger partial charge in [0.15, 0.2) is 0 Å². The number of amides is 1. The Bertz CT molecular complexity index is 1380. The highest BCUT2D eigenvalue weighted by molar-refractivity contribution is 7.97. The van der Waals surface area contributed by atoms with Crippen molar-refractivity contribution >= 4 is 41.0 Å². The number of aromatic nitrogens is 3. The normalized spacial score (nSPS) is 17.4. The van der Waals surface area contributed by atoms with E-state index >= 15 is 0 Å². The number of anilines is 4. The predicted molar refractivity (Wildman–Crippen MR) is 157 cm³/mol. The van der Waals surface area contributed by atoms with Crippen molar-refractivity contribution in [3.05, 3.63) is 96.4 Å². The Morgan fingerprint density at radius 1 is 1.00 bits per heavy atom. The molecule has 1 amide bonds. The highest BCUT2D eigenvalue weighted by atomic mass is 32.2. The molecule has 3 heterocycles. The van der Waals surface area contributed by atoms with Gasteiger partial charge in [0, 0.05) is 55.0 Å². The lowest BCUT2D eigenvalue weighted by Gasteiger charge is -2.41. The standard InChI is InChI=1S/C30H33N7OS/c1-22-6-8-24(9-7-22)34-27-14-17-33-29(36-27)35-25-10-12-26(13-11-25)39-37-18-4-15-30(21-37,28(38)31-2)19-23-5-3-16-32-20-23/h3,5-14,16-17,20H,4,15,18-19,21H2,1-2H3,(H,31,38)(H2,33,34,35,36). The number of hydrogen-bond acceptors (Lipinski definition) is 8. The van der Waals surface area contributed by atoms with Crippen LogP contribution in [0, 0.1) is 12.3 Å². The molecule has 1 aliphatic rings. The molecule has 2 aromatic carbocycles. The first kappa shape index (κ1) is 26.6. The average molecular weight is 540 g/mol. The summed E-state index contributed by atoms with van der Waals surface area (Å²) >= 11 is 1.69. The summed E-state index contributed by atoms with van der Waals surface area (Å²) in [4.78, 5) is 27.4. The number of pyridine rings is 1. The highest BCUT2D eigenvalue weighted by Gasteiger charge is 2.42. The topological polar surface area (TPSA) is 95.1 Å². The maximum atomic E-state index is 13.1. The summed E-state index contributed by atoms with van der Waals surface area (Å²) < 4.78 is 2.31. The van der Waals surface area contributed by atoms with Crippen molar-refractivity contribution in [2.24, 2.45) is 5.41 Å². The quantitative estimate of drug-likeness (QED) is 0.232. The van der Waals surface area contributed by atoms with Gasteiger partial charge in [-0.3, -0.25) is 9.78 Å². The van der Waals surface area contributed by atoms with Crippen LogP contribution in [0.3, 0.4) is 0 Å². The molecule has 8 nitrogen and oxygen atoms in total. The molecule has 1 saturated heterocycles. The van der Waals surface area contributed by atoms with E-state index in [-0.39, 0.29) is 5.91 Å². The van der Waals surface area contributed by atoms with E-state index in [0.717, 1.165) is 47.0 Å². The van der Waals surface area contributed by atoms with Crippen molar-refractivity contribution in [3.63, 3.8) is 0 Å². The Labute approximate surface area is 233 Å². The van der Waals surface area contributed by atoms with E-state index in [0.29, 0.717) is 18.9 Å². The number of aryl methyl sites for hydroxylation is 1. The molecule has 5 rings (SSSR count). The zero-order valence-corrected chi connectivity index (χ0v) is 23.0. The van der Waals surface area contributed by atoms with E-state index in [1.807, 2.05) is 48.7 Å². The van der Waals surface area contributed by atoms with E-state index in [4.69, 9.17) is 0 Å². The molecule has 9 heteroatoms. The molecule has 0 aliphatic carbocycles. The van der Waals surface area contributed by atoms with Crippen molar-refractivity contribution in [2.45, 2.75) is 31.1 Å². The highest BCUT2D eigenvalue weighted by Crippen LogP contribution is 2.38. The Kier molecular flexibility index (Phi) is 8.39. The van der Waals surface area contributed by atoms with E-state index in [1.54, 1.807) is 31.4 Å². The van der Waals surface area contributed by atoms with Crippen LogP contribution in [-0.2, 0) is 11.2 Å². The Balaban J connectivity index is 1.22. The molecular formula is C30H33N7OS. The van der Waals surface area contributed by atoms with Gasteiger partial charge in [-0.1, -0.05) is 23.8 Å². The van der Waals surface area contributed by atoms with Crippen molar-refractivity contribution in [1.82, 2.24) is 24.6 Å². The van der Waals surface area contributed by atoms with E-state index in [9.17, 15) is 4.79 Å². The Morgan fingerprint density at radius 2 is 1.77 bits per heavy atom. The molecule has 1 atom stereocenters. The fourth-order valence-electron chi connectivity index (χ4n) is 4.89. The van der Waals surface area contributed by atoms with Crippen molar-refractivity contribution in [3.8, 4) is 0 Å². The summed E-state index contributed by atoms with van der Waals surface area (Å²) in [5.74, 6) is 1.34. The number of carbonyl (C=O) groups is 1. The fraction of sp³-hybridized carbons (Fsp3) is 0.267. The van der Waals surface area contributed by atoms with Gasteiger partial charge in [0.2, 0.25) is 11.9 Å². The zero-order chi connectivity index (χ0) is 27.1. The van der Waals surface area contributed by atoms with Crippen LogP contribution in [0.15, 0.2) is 90.2 Å². The summed E-state index contributed by atoms with van der Waals surface area (Å²) in [6, 6.07) is 22.2. The van der Waals surface area contributed by atoms with E-state index < -0.39 is 5.41 Å². The first-order chi connectivity index (χ1) is 19.0. The van der Waals surface area contributed by atoms with Crippen LogP contribution in [0.2, 0.25) is 0 Å². The number of nitrogens with zero attached hydrogens (tertiary/aromatic N) is 4. The number of carbonyl (C=O) groups excluding carboxylic acids is 1. The second-order valence-corrected chi connectivity index (χ2v) is 11.0. The van der Waals surface area contributed by atoms with Gasteiger partial charge in [-0.15, -0.1) is 0 Å². The minimum absolute atomic E-state index is 0.0929. The van der Waals surface area contributed by atoms with Gasteiger partial charge in [-0.25, -0.2) is 9.29 Å². The van der Waals surface area contributed by atoms with Crippen LogP contribution in [-0.4, -0.2) is 45.3 Å².